The molecule has 0 saturated carbocycles. The number of allylic oxidation sites excluding steroid dienone is 1. The lowest BCUT2D eigenvalue weighted by Gasteiger charge is -2.07. The Morgan fingerprint density at radius 2 is 1.63 bits per heavy atom. The third-order valence-electron chi connectivity index (χ3n) is 5.12. The van der Waals surface area contributed by atoms with Gasteiger partial charge >= 0.3 is 0 Å². The van der Waals surface area contributed by atoms with Crippen LogP contribution in [-0.4, -0.2) is 10.9 Å². The molecule has 30 heavy (non-hydrogen) atoms. The van der Waals surface area contributed by atoms with E-state index in [0.29, 0.717) is 6.42 Å². The van der Waals surface area contributed by atoms with Gasteiger partial charge in [0.1, 0.15) is 11.6 Å². The van der Waals surface area contributed by atoms with Crippen molar-refractivity contribution in [1.82, 2.24) is 0 Å². The predicted molar refractivity (Wildman–Crippen MR) is 121 cm³/mol. The van der Waals surface area contributed by atoms with Crippen LogP contribution in [0.5, 0.6) is 5.75 Å². The van der Waals surface area contributed by atoms with Gasteiger partial charge in [0.25, 0.3) is 0 Å². The molecule has 3 rings (SSSR count). The zero-order valence-electron chi connectivity index (χ0n) is 17.3. The number of aromatic hydroxyl groups is 1. The first-order valence-electron chi connectivity index (χ1n) is 10.4. The molecule has 0 bridgehead atoms. The number of ketones is 1. The molecule has 0 aromatic heterocycles. The standard InChI is InChI=1S/C27H27FO2/c1-2-3-4-5-23-13-14-24(19-27(23)28)22-11-6-21(7-12-22)18-26(30)17-10-20-8-15-25(29)16-9-20/h6-17,19,29H,2-5,18H2,1H3/b17-10+. The van der Waals surface area contributed by atoms with Crippen molar-refractivity contribution in [2.45, 2.75) is 39.0 Å². The van der Waals surface area contributed by atoms with Crippen LogP contribution in [0.25, 0.3) is 17.2 Å². The SMILES string of the molecule is CCCCCc1ccc(-c2ccc(CC(=O)/C=C/c3ccc(O)cc3)cc2)cc1F. The van der Waals surface area contributed by atoms with Gasteiger partial charge in [-0.25, -0.2) is 4.39 Å². The van der Waals surface area contributed by atoms with Gasteiger partial charge in [0.2, 0.25) is 0 Å². The minimum absolute atomic E-state index is 0.00157. The fourth-order valence-electron chi connectivity index (χ4n) is 3.34. The molecular formula is C27H27FO2. The number of halogens is 1. The Kier molecular flexibility index (Phi) is 7.56. The number of benzene rings is 3. The zero-order valence-corrected chi connectivity index (χ0v) is 17.3. The van der Waals surface area contributed by atoms with Crippen molar-refractivity contribution in [2.24, 2.45) is 0 Å². The Hall–Kier alpha value is -3.20. The number of hydrogen-bond acceptors (Lipinski definition) is 2. The van der Waals surface area contributed by atoms with Crippen LogP contribution >= 0.6 is 0 Å². The first kappa shape index (κ1) is 21.5. The highest BCUT2D eigenvalue weighted by molar-refractivity contribution is 5.95. The topological polar surface area (TPSA) is 37.3 Å². The highest BCUT2D eigenvalue weighted by Crippen LogP contribution is 2.24. The van der Waals surface area contributed by atoms with E-state index in [-0.39, 0.29) is 17.3 Å². The first-order valence-corrected chi connectivity index (χ1v) is 10.4. The molecule has 0 heterocycles. The van der Waals surface area contributed by atoms with Crippen LogP contribution in [-0.2, 0) is 17.6 Å². The van der Waals surface area contributed by atoms with Crippen LogP contribution < -0.4 is 0 Å². The minimum atomic E-state index is -0.151. The fourth-order valence-corrected chi connectivity index (χ4v) is 3.34. The predicted octanol–water partition coefficient (Wildman–Crippen LogP) is 6.76. The average Bonchev–Trinajstić information content (AvgIpc) is 2.75. The van der Waals surface area contributed by atoms with Gasteiger partial charge in [0.15, 0.2) is 5.78 Å². The molecule has 0 radical (unpaired) electrons. The lowest BCUT2D eigenvalue weighted by molar-refractivity contribution is -0.113. The quantitative estimate of drug-likeness (QED) is 0.317. The molecule has 0 atom stereocenters. The summed E-state index contributed by atoms with van der Waals surface area (Å²) in [7, 11) is 0. The molecule has 0 aliphatic carbocycles. The summed E-state index contributed by atoms with van der Waals surface area (Å²) in [5, 5.41) is 9.29. The lowest BCUT2D eigenvalue weighted by Crippen LogP contribution is -1.98. The lowest BCUT2D eigenvalue weighted by atomic mass is 9.99. The molecule has 0 fully saturated rings. The third-order valence-corrected chi connectivity index (χ3v) is 5.12. The summed E-state index contributed by atoms with van der Waals surface area (Å²) in [5.74, 6) is 0.0464. The molecule has 3 aromatic carbocycles. The summed E-state index contributed by atoms with van der Waals surface area (Å²) in [6.45, 7) is 2.14. The molecule has 154 valence electrons. The van der Waals surface area contributed by atoms with Crippen LogP contribution in [0.4, 0.5) is 4.39 Å². The number of hydrogen-bond donors (Lipinski definition) is 1. The largest absolute Gasteiger partial charge is 0.508 e. The van der Waals surface area contributed by atoms with Gasteiger partial charge in [0.05, 0.1) is 0 Å². The summed E-state index contributed by atoms with van der Waals surface area (Å²) in [6.07, 6.45) is 7.62. The van der Waals surface area contributed by atoms with Crippen molar-refractivity contribution in [3.63, 3.8) is 0 Å². The van der Waals surface area contributed by atoms with Crippen molar-refractivity contribution < 1.29 is 14.3 Å². The first-order chi connectivity index (χ1) is 14.5. The molecule has 3 aromatic rings. The molecular weight excluding hydrogens is 375 g/mol. The van der Waals surface area contributed by atoms with Crippen LogP contribution in [0.2, 0.25) is 0 Å². The van der Waals surface area contributed by atoms with Crippen LogP contribution in [0.1, 0.15) is 42.9 Å². The van der Waals surface area contributed by atoms with E-state index in [1.807, 2.05) is 36.4 Å². The van der Waals surface area contributed by atoms with Gasteiger partial charge in [-0.05, 0) is 64.9 Å². The van der Waals surface area contributed by atoms with E-state index in [1.54, 1.807) is 42.5 Å². The number of carbonyl (C=O) groups excluding carboxylic acids is 1. The molecule has 0 amide bonds. The second-order valence-electron chi connectivity index (χ2n) is 7.53. The van der Waals surface area contributed by atoms with E-state index in [0.717, 1.165) is 53.5 Å². The number of phenols is 1. The monoisotopic (exact) mass is 402 g/mol. The Labute approximate surface area is 177 Å². The Balaban J connectivity index is 1.61. The summed E-state index contributed by atoms with van der Waals surface area (Å²) in [4.78, 5) is 12.2. The number of aryl methyl sites for hydroxylation is 1. The summed E-state index contributed by atoms with van der Waals surface area (Å²) >= 11 is 0. The summed E-state index contributed by atoms with van der Waals surface area (Å²) in [5.41, 5.74) is 4.32. The Bertz CT molecular complexity index is 1000. The second kappa shape index (κ2) is 10.5. The summed E-state index contributed by atoms with van der Waals surface area (Å²) in [6, 6.07) is 19.8. The number of carbonyl (C=O) groups is 1. The molecule has 1 N–H and O–H groups in total. The zero-order chi connectivity index (χ0) is 21.3. The van der Waals surface area contributed by atoms with E-state index in [2.05, 4.69) is 6.92 Å². The fraction of sp³-hybridized carbons (Fsp3) is 0.222. The molecule has 3 heteroatoms. The van der Waals surface area contributed by atoms with Crippen molar-refractivity contribution in [1.29, 1.82) is 0 Å². The molecule has 0 spiro atoms. The van der Waals surface area contributed by atoms with Gasteiger partial charge < -0.3 is 5.11 Å². The number of rotatable bonds is 9. The highest BCUT2D eigenvalue weighted by Gasteiger charge is 2.06. The third kappa shape index (κ3) is 6.15. The van der Waals surface area contributed by atoms with E-state index >= 15 is 0 Å². The molecule has 0 unspecified atom stereocenters. The maximum absolute atomic E-state index is 14.4. The van der Waals surface area contributed by atoms with E-state index in [1.165, 1.54) is 0 Å². The maximum Gasteiger partial charge on any atom is 0.160 e. The van der Waals surface area contributed by atoms with E-state index in [9.17, 15) is 14.3 Å². The highest BCUT2D eigenvalue weighted by atomic mass is 19.1. The van der Waals surface area contributed by atoms with Crippen molar-refractivity contribution in [2.75, 3.05) is 0 Å². The number of unbranched alkanes of at least 4 members (excludes halogenated alkanes) is 2. The van der Waals surface area contributed by atoms with Crippen molar-refractivity contribution >= 4 is 11.9 Å². The average molecular weight is 403 g/mol. The van der Waals surface area contributed by atoms with Crippen molar-refractivity contribution in [3.8, 4) is 16.9 Å². The maximum atomic E-state index is 14.4. The van der Waals surface area contributed by atoms with Gasteiger partial charge in [-0.2, -0.15) is 0 Å². The minimum Gasteiger partial charge on any atom is -0.508 e. The van der Waals surface area contributed by atoms with Gasteiger partial charge in [-0.15, -0.1) is 0 Å². The van der Waals surface area contributed by atoms with Gasteiger partial charge in [0, 0.05) is 6.42 Å². The van der Waals surface area contributed by atoms with Crippen LogP contribution in [0.3, 0.4) is 0 Å². The Morgan fingerprint density at radius 1 is 0.933 bits per heavy atom. The number of phenolic OH excluding ortho intramolecular Hbond substituents is 1. The second-order valence-corrected chi connectivity index (χ2v) is 7.53. The summed E-state index contributed by atoms with van der Waals surface area (Å²) < 4.78 is 14.4. The Morgan fingerprint density at radius 3 is 2.30 bits per heavy atom. The molecule has 0 aliphatic heterocycles. The van der Waals surface area contributed by atoms with E-state index in [4.69, 9.17) is 0 Å². The van der Waals surface area contributed by atoms with Gasteiger partial charge in [-0.3, -0.25) is 4.79 Å². The smallest absolute Gasteiger partial charge is 0.160 e. The van der Waals surface area contributed by atoms with Crippen LogP contribution in [0.15, 0.2) is 72.8 Å². The normalized spacial score (nSPS) is 11.1. The van der Waals surface area contributed by atoms with Crippen molar-refractivity contribution in [3.05, 3.63) is 95.3 Å². The molecule has 2 nitrogen and oxygen atoms in total. The van der Waals surface area contributed by atoms with Crippen LogP contribution in [0, 0.1) is 5.82 Å². The van der Waals surface area contributed by atoms with Gasteiger partial charge in [-0.1, -0.05) is 74.4 Å². The molecule has 0 saturated heterocycles. The molecule has 0 aliphatic rings. The van der Waals surface area contributed by atoms with E-state index < -0.39 is 0 Å².